The first-order valence-corrected chi connectivity index (χ1v) is 6.21. The standard InChI is InChI=1S/C12H9N5O7/c1-15-10(12(19)20)9(5-13-15)14-11(18)6-2-7(16(21)22)4-8(3-6)17(23)24/h2-5H,1H3,(H,14,18)(H,19,20). The summed E-state index contributed by atoms with van der Waals surface area (Å²) in [6.07, 6.45) is 1.08. The van der Waals surface area contributed by atoms with Crippen molar-refractivity contribution < 1.29 is 24.5 Å². The van der Waals surface area contributed by atoms with Gasteiger partial charge in [0.15, 0.2) is 5.69 Å². The number of benzene rings is 1. The fourth-order valence-corrected chi connectivity index (χ4v) is 1.91. The second-order valence-electron chi connectivity index (χ2n) is 4.54. The van der Waals surface area contributed by atoms with Crippen molar-refractivity contribution in [2.75, 3.05) is 5.32 Å². The van der Waals surface area contributed by atoms with Gasteiger partial charge in [0.05, 0.1) is 33.4 Å². The van der Waals surface area contributed by atoms with Crippen LogP contribution >= 0.6 is 0 Å². The molecule has 0 aliphatic heterocycles. The Morgan fingerprint density at radius 2 is 1.71 bits per heavy atom. The number of carbonyl (C=O) groups is 2. The molecule has 0 atom stereocenters. The van der Waals surface area contributed by atoms with Crippen molar-refractivity contribution in [3.05, 3.63) is 55.9 Å². The Labute approximate surface area is 132 Å². The molecule has 0 saturated heterocycles. The van der Waals surface area contributed by atoms with Crippen LogP contribution in [0.25, 0.3) is 0 Å². The maximum atomic E-state index is 12.2. The molecule has 0 unspecified atom stereocenters. The summed E-state index contributed by atoms with van der Waals surface area (Å²) < 4.78 is 1.01. The summed E-state index contributed by atoms with van der Waals surface area (Å²) in [5, 5.41) is 36.6. The molecule has 2 N–H and O–H groups in total. The first-order chi connectivity index (χ1) is 11.2. The van der Waals surface area contributed by atoms with Crippen molar-refractivity contribution in [1.82, 2.24) is 9.78 Å². The Bertz CT molecular complexity index is 840. The topological polar surface area (TPSA) is 170 Å². The Kier molecular flexibility index (Phi) is 4.21. The molecule has 0 radical (unpaired) electrons. The molecule has 1 aromatic carbocycles. The SMILES string of the molecule is Cn1ncc(NC(=O)c2cc([N+](=O)[O-])cc([N+](=O)[O-])c2)c1C(=O)O. The van der Waals surface area contributed by atoms with E-state index in [1.54, 1.807) is 0 Å². The molecule has 2 rings (SSSR count). The molecule has 1 heterocycles. The molecule has 12 heteroatoms. The van der Waals surface area contributed by atoms with Gasteiger partial charge in [0.2, 0.25) is 0 Å². The quantitative estimate of drug-likeness (QED) is 0.605. The second-order valence-corrected chi connectivity index (χ2v) is 4.54. The number of non-ortho nitro benzene ring substituents is 2. The summed E-state index contributed by atoms with van der Waals surface area (Å²) in [5.41, 5.74) is -2.11. The molecular weight excluding hydrogens is 326 g/mol. The zero-order valence-electron chi connectivity index (χ0n) is 12.0. The van der Waals surface area contributed by atoms with Gasteiger partial charge in [0.1, 0.15) is 0 Å². The van der Waals surface area contributed by atoms with Crippen LogP contribution in [0.5, 0.6) is 0 Å². The van der Waals surface area contributed by atoms with Gasteiger partial charge >= 0.3 is 5.97 Å². The molecular formula is C12H9N5O7. The highest BCUT2D eigenvalue weighted by molar-refractivity contribution is 6.07. The van der Waals surface area contributed by atoms with Crippen LogP contribution in [0.3, 0.4) is 0 Å². The smallest absolute Gasteiger partial charge is 0.356 e. The molecule has 12 nitrogen and oxygen atoms in total. The lowest BCUT2D eigenvalue weighted by Crippen LogP contribution is -2.16. The number of carboxylic acid groups (broad SMARTS) is 1. The van der Waals surface area contributed by atoms with Gasteiger partial charge in [-0.15, -0.1) is 0 Å². The van der Waals surface area contributed by atoms with Crippen LogP contribution in [0.4, 0.5) is 17.1 Å². The summed E-state index contributed by atoms with van der Waals surface area (Å²) in [7, 11) is 1.34. The number of amides is 1. The number of aromatic nitrogens is 2. The number of carbonyl (C=O) groups excluding carboxylic acids is 1. The summed E-state index contributed by atoms with van der Waals surface area (Å²) >= 11 is 0. The lowest BCUT2D eigenvalue weighted by atomic mass is 10.1. The van der Waals surface area contributed by atoms with Crippen LogP contribution in [-0.4, -0.2) is 36.6 Å². The fourth-order valence-electron chi connectivity index (χ4n) is 1.91. The highest BCUT2D eigenvalue weighted by Crippen LogP contribution is 2.24. The van der Waals surface area contributed by atoms with Gasteiger partial charge in [-0.25, -0.2) is 4.79 Å². The van der Waals surface area contributed by atoms with Crippen LogP contribution in [0, 0.1) is 20.2 Å². The van der Waals surface area contributed by atoms with Gasteiger partial charge in [-0.2, -0.15) is 5.10 Å². The van der Waals surface area contributed by atoms with E-state index in [9.17, 15) is 29.8 Å². The third-order valence-corrected chi connectivity index (χ3v) is 2.98. The van der Waals surface area contributed by atoms with Gasteiger partial charge in [0, 0.05) is 19.2 Å². The summed E-state index contributed by atoms with van der Waals surface area (Å²) in [4.78, 5) is 43.2. The normalized spacial score (nSPS) is 10.2. The Balaban J connectivity index is 2.42. The number of carboxylic acids is 1. The van der Waals surface area contributed by atoms with Crippen molar-refractivity contribution in [3.63, 3.8) is 0 Å². The second kappa shape index (κ2) is 6.12. The summed E-state index contributed by atoms with van der Waals surface area (Å²) in [5.74, 6) is -2.30. The molecule has 0 aliphatic carbocycles. The van der Waals surface area contributed by atoms with Crippen molar-refractivity contribution in [1.29, 1.82) is 0 Å². The lowest BCUT2D eigenvalue weighted by molar-refractivity contribution is -0.394. The Hall–Kier alpha value is -3.83. The van der Waals surface area contributed by atoms with E-state index in [1.165, 1.54) is 7.05 Å². The number of aromatic carboxylic acids is 1. The molecule has 0 saturated carbocycles. The van der Waals surface area contributed by atoms with E-state index in [1.807, 2.05) is 0 Å². The molecule has 124 valence electrons. The van der Waals surface area contributed by atoms with Crippen molar-refractivity contribution in [2.45, 2.75) is 0 Å². The molecule has 1 amide bonds. The third-order valence-electron chi connectivity index (χ3n) is 2.98. The Morgan fingerprint density at radius 3 is 2.17 bits per heavy atom. The first kappa shape index (κ1) is 16.5. The molecule has 0 bridgehead atoms. The van der Waals surface area contributed by atoms with Gasteiger partial charge in [-0.05, 0) is 0 Å². The van der Waals surface area contributed by atoms with Crippen LogP contribution in [-0.2, 0) is 7.05 Å². The van der Waals surface area contributed by atoms with Gasteiger partial charge in [-0.1, -0.05) is 0 Å². The van der Waals surface area contributed by atoms with E-state index in [-0.39, 0.29) is 16.9 Å². The number of nitro benzene ring substituents is 2. The van der Waals surface area contributed by atoms with Crippen LogP contribution < -0.4 is 5.32 Å². The zero-order valence-corrected chi connectivity index (χ0v) is 12.0. The van der Waals surface area contributed by atoms with Crippen LogP contribution in [0.2, 0.25) is 0 Å². The fraction of sp³-hybridized carbons (Fsp3) is 0.0833. The summed E-state index contributed by atoms with van der Waals surface area (Å²) in [6.45, 7) is 0. The molecule has 1 aromatic heterocycles. The minimum atomic E-state index is -1.35. The van der Waals surface area contributed by atoms with E-state index < -0.39 is 33.1 Å². The van der Waals surface area contributed by atoms with Crippen molar-refractivity contribution in [2.24, 2.45) is 7.05 Å². The predicted octanol–water partition coefficient (Wildman–Crippen LogP) is 1.19. The average molecular weight is 335 g/mol. The van der Waals surface area contributed by atoms with Crippen molar-refractivity contribution in [3.8, 4) is 0 Å². The molecule has 0 fully saturated rings. The van der Waals surface area contributed by atoms with Gasteiger partial charge in [0.25, 0.3) is 17.3 Å². The molecule has 2 aromatic rings. The highest BCUT2D eigenvalue weighted by atomic mass is 16.6. The number of nitrogens with one attached hydrogen (secondary N) is 1. The third kappa shape index (κ3) is 3.16. The van der Waals surface area contributed by atoms with Crippen LogP contribution in [0.1, 0.15) is 20.8 Å². The molecule has 24 heavy (non-hydrogen) atoms. The number of hydrogen-bond donors (Lipinski definition) is 2. The van der Waals surface area contributed by atoms with E-state index in [0.717, 1.165) is 23.0 Å². The zero-order chi connectivity index (χ0) is 18.0. The minimum Gasteiger partial charge on any atom is -0.476 e. The maximum Gasteiger partial charge on any atom is 0.356 e. The maximum absolute atomic E-state index is 12.2. The van der Waals surface area contributed by atoms with E-state index in [0.29, 0.717) is 6.07 Å². The van der Waals surface area contributed by atoms with Gasteiger partial charge < -0.3 is 10.4 Å². The number of nitrogens with zero attached hydrogens (tertiary/aromatic N) is 4. The van der Waals surface area contributed by atoms with E-state index in [4.69, 9.17) is 5.11 Å². The minimum absolute atomic E-state index is 0.149. The number of hydrogen-bond acceptors (Lipinski definition) is 7. The highest BCUT2D eigenvalue weighted by Gasteiger charge is 2.22. The predicted molar refractivity (Wildman–Crippen MR) is 77.9 cm³/mol. The monoisotopic (exact) mass is 335 g/mol. The number of anilines is 1. The first-order valence-electron chi connectivity index (χ1n) is 6.21. The molecule has 0 aliphatic rings. The number of nitro groups is 2. The van der Waals surface area contributed by atoms with Gasteiger partial charge in [-0.3, -0.25) is 29.7 Å². The molecule has 0 spiro atoms. The van der Waals surface area contributed by atoms with Crippen molar-refractivity contribution >= 4 is 28.9 Å². The largest absolute Gasteiger partial charge is 0.476 e. The summed E-state index contributed by atoms with van der Waals surface area (Å²) in [6, 6.07) is 2.40. The average Bonchev–Trinajstić information content (AvgIpc) is 2.87. The number of rotatable bonds is 5. The number of aryl methyl sites for hydroxylation is 1. The Morgan fingerprint density at radius 1 is 1.17 bits per heavy atom. The van der Waals surface area contributed by atoms with E-state index >= 15 is 0 Å². The lowest BCUT2D eigenvalue weighted by Gasteiger charge is -2.05. The van der Waals surface area contributed by atoms with E-state index in [2.05, 4.69) is 10.4 Å². The van der Waals surface area contributed by atoms with Crippen LogP contribution in [0.15, 0.2) is 24.4 Å².